The summed E-state index contributed by atoms with van der Waals surface area (Å²) in [5.74, 6) is -0.454. The molecule has 3 aliphatic heterocycles. The molecule has 192 valence electrons. The first-order valence-electron chi connectivity index (χ1n) is 12.8. The van der Waals surface area contributed by atoms with Crippen molar-refractivity contribution in [2.24, 2.45) is 11.8 Å². The van der Waals surface area contributed by atoms with Gasteiger partial charge in [-0.1, -0.05) is 19.8 Å². The summed E-state index contributed by atoms with van der Waals surface area (Å²) in [6.07, 6.45) is 5.71. The topological polar surface area (TPSA) is 108 Å². The van der Waals surface area contributed by atoms with E-state index in [1.54, 1.807) is 48.0 Å². The number of carbonyl (C=O) groups is 3. The number of aliphatic hydroxyl groups is 1. The number of aliphatic hydroxyl groups excluding tert-OH is 1. The van der Waals surface area contributed by atoms with Gasteiger partial charge in [0.1, 0.15) is 11.8 Å². The number of hydrogen-bond acceptors (Lipinski definition) is 6. The van der Waals surface area contributed by atoms with Crippen LogP contribution in [0.3, 0.4) is 0 Å². The molecule has 1 aromatic rings. The van der Waals surface area contributed by atoms with E-state index in [1.165, 1.54) is 0 Å². The lowest BCUT2D eigenvalue weighted by atomic mass is 9.70. The predicted octanol–water partition coefficient (Wildman–Crippen LogP) is 2.80. The van der Waals surface area contributed by atoms with Crippen molar-refractivity contribution in [3.8, 4) is 5.75 Å². The summed E-state index contributed by atoms with van der Waals surface area (Å²) < 4.78 is 4.64. The average Bonchev–Trinajstić information content (AvgIpc) is 3.50. The Balaban J connectivity index is 1.58. The van der Waals surface area contributed by atoms with Crippen LogP contribution in [0, 0.1) is 11.8 Å². The Morgan fingerprint density at radius 1 is 1.17 bits per heavy atom. The summed E-state index contributed by atoms with van der Waals surface area (Å²) in [4.78, 5) is 42.4. The highest BCUT2D eigenvalue weighted by atomic mass is 32.2. The number of amides is 3. The number of nitrogens with zero attached hydrogens (tertiary/aromatic N) is 1. The van der Waals surface area contributed by atoms with Crippen molar-refractivity contribution in [1.29, 1.82) is 0 Å². The second-order valence-corrected chi connectivity index (χ2v) is 11.3. The predicted molar refractivity (Wildman–Crippen MR) is 136 cm³/mol. The molecule has 4 rings (SSSR count). The van der Waals surface area contributed by atoms with E-state index in [9.17, 15) is 14.4 Å². The molecule has 0 aliphatic carbocycles. The van der Waals surface area contributed by atoms with E-state index in [-0.39, 0.29) is 35.5 Å². The Bertz CT molecular complexity index is 926. The van der Waals surface area contributed by atoms with Gasteiger partial charge in [-0.2, -0.15) is 0 Å². The lowest BCUT2D eigenvalue weighted by molar-refractivity contribution is -0.139. The molecule has 2 unspecified atom stereocenters. The molecule has 0 saturated carbocycles. The first kappa shape index (κ1) is 25.8. The van der Waals surface area contributed by atoms with E-state index < -0.39 is 16.7 Å². The normalized spacial score (nSPS) is 28.8. The molecule has 2 bridgehead atoms. The van der Waals surface area contributed by atoms with Gasteiger partial charge >= 0.3 is 0 Å². The van der Waals surface area contributed by atoms with Gasteiger partial charge < -0.3 is 25.4 Å². The van der Waals surface area contributed by atoms with Crippen LogP contribution in [0.25, 0.3) is 0 Å². The largest absolute Gasteiger partial charge is 0.497 e. The number of likely N-dealkylation sites (tertiary alicyclic amines) is 1. The molecular formula is C26H37N3O5S. The standard InChI is InChI=1S/C26H37N3O5S/c1-3-14-27-23(31)20-19-12-13-26(35-19)21(20)25(33)29(15-6-4-5-7-16-30)22(26)24(32)28-17-8-10-18(34-2)11-9-17/h8-11,19-22,30H,3-7,12-16H2,1-2H3,(H,27,31)(H,28,32)/t19-,20+,21+,22?,26?/m1/s1. The minimum atomic E-state index is -0.612. The molecule has 8 nitrogen and oxygen atoms in total. The summed E-state index contributed by atoms with van der Waals surface area (Å²) >= 11 is 1.69. The third kappa shape index (κ3) is 4.89. The van der Waals surface area contributed by atoms with Crippen molar-refractivity contribution in [1.82, 2.24) is 10.2 Å². The molecule has 5 atom stereocenters. The van der Waals surface area contributed by atoms with Gasteiger partial charge in [-0.25, -0.2) is 0 Å². The van der Waals surface area contributed by atoms with Crippen molar-refractivity contribution in [2.45, 2.75) is 67.9 Å². The first-order chi connectivity index (χ1) is 17.0. The maximum atomic E-state index is 13.8. The maximum Gasteiger partial charge on any atom is 0.248 e. The molecule has 3 fully saturated rings. The van der Waals surface area contributed by atoms with Crippen LogP contribution < -0.4 is 15.4 Å². The van der Waals surface area contributed by atoms with Crippen molar-refractivity contribution >= 4 is 35.2 Å². The fraction of sp³-hybridized carbons (Fsp3) is 0.654. The van der Waals surface area contributed by atoms with Crippen LogP contribution >= 0.6 is 11.8 Å². The van der Waals surface area contributed by atoms with Gasteiger partial charge in [0.05, 0.1) is 23.7 Å². The van der Waals surface area contributed by atoms with E-state index in [0.717, 1.165) is 44.9 Å². The van der Waals surface area contributed by atoms with Crippen LogP contribution in [-0.2, 0) is 14.4 Å². The number of unbranched alkanes of at least 4 members (excludes halogenated alkanes) is 3. The Kier molecular flexibility index (Phi) is 8.27. The number of thioether (sulfide) groups is 1. The number of nitrogens with one attached hydrogen (secondary N) is 2. The highest BCUT2D eigenvalue weighted by Crippen LogP contribution is 2.66. The van der Waals surface area contributed by atoms with Gasteiger partial charge in [0.25, 0.3) is 0 Å². The van der Waals surface area contributed by atoms with Crippen molar-refractivity contribution in [2.75, 3.05) is 32.1 Å². The fourth-order valence-electron chi connectivity index (χ4n) is 5.99. The Hall–Kier alpha value is -2.26. The van der Waals surface area contributed by atoms with E-state index in [1.807, 2.05) is 6.92 Å². The minimum Gasteiger partial charge on any atom is -0.497 e. The molecule has 3 N–H and O–H groups in total. The van der Waals surface area contributed by atoms with Crippen molar-refractivity contribution in [3.05, 3.63) is 24.3 Å². The van der Waals surface area contributed by atoms with E-state index in [4.69, 9.17) is 9.84 Å². The van der Waals surface area contributed by atoms with Crippen molar-refractivity contribution < 1.29 is 24.2 Å². The molecular weight excluding hydrogens is 466 g/mol. The van der Waals surface area contributed by atoms with E-state index in [2.05, 4.69) is 10.6 Å². The smallest absolute Gasteiger partial charge is 0.248 e. The summed E-state index contributed by atoms with van der Waals surface area (Å²) in [7, 11) is 1.59. The minimum absolute atomic E-state index is 0.0524. The number of hydrogen-bond donors (Lipinski definition) is 3. The summed E-state index contributed by atoms with van der Waals surface area (Å²) in [6, 6.07) is 6.56. The van der Waals surface area contributed by atoms with Crippen LogP contribution in [0.2, 0.25) is 0 Å². The van der Waals surface area contributed by atoms with Gasteiger partial charge in [0, 0.05) is 30.6 Å². The lowest BCUT2D eigenvalue weighted by Gasteiger charge is -2.34. The molecule has 0 aromatic heterocycles. The van der Waals surface area contributed by atoms with Gasteiger partial charge in [-0.05, 0) is 56.4 Å². The molecule has 1 spiro atoms. The second-order valence-electron chi connectivity index (χ2n) is 9.73. The van der Waals surface area contributed by atoms with Crippen LogP contribution in [0.4, 0.5) is 5.69 Å². The van der Waals surface area contributed by atoms with E-state index in [0.29, 0.717) is 24.5 Å². The number of methoxy groups -OCH3 is 1. The van der Waals surface area contributed by atoms with Crippen LogP contribution in [0.1, 0.15) is 51.9 Å². The zero-order valence-electron chi connectivity index (χ0n) is 20.6. The number of carbonyl (C=O) groups excluding carboxylic acids is 3. The Morgan fingerprint density at radius 3 is 2.60 bits per heavy atom. The number of ether oxygens (including phenoxy) is 1. The zero-order valence-corrected chi connectivity index (χ0v) is 21.4. The third-order valence-corrected chi connectivity index (χ3v) is 9.52. The molecule has 35 heavy (non-hydrogen) atoms. The fourth-order valence-corrected chi connectivity index (χ4v) is 8.21. The summed E-state index contributed by atoms with van der Waals surface area (Å²) in [6.45, 7) is 3.25. The number of anilines is 1. The molecule has 3 heterocycles. The lowest BCUT2D eigenvalue weighted by Crippen LogP contribution is -2.51. The first-order valence-corrected chi connectivity index (χ1v) is 13.7. The molecule has 9 heteroatoms. The van der Waals surface area contributed by atoms with Crippen molar-refractivity contribution in [3.63, 3.8) is 0 Å². The van der Waals surface area contributed by atoms with Gasteiger partial charge in [0.15, 0.2) is 0 Å². The number of fused-ring (bicyclic) bond motifs is 1. The van der Waals surface area contributed by atoms with Crippen LogP contribution in [0.5, 0.6) is 5.75 Å². The van der Waals surface area contributed by atoms with Gasteiger partial charge in [0.2, 0.25) is 17.7 Å². The van der Waals surface area contributed by atoms with Gasteiger partial charge in [-0.3, -0.25) is 14.4 Å². The Labute approximate surface area is 211 Å². The SMILES string of the molecule is CCCNC(=O)[C@@H]1[C@H]2C(=O)N(CCCCCCO)C(C(=O)Nc3ccc(OC)cc3)C23CC[C@H]1S3. The number of rotatable bonds is 12. The maximum absolute atomic E-state index is 13.8. The Morgan fingerprint density at radius 2 is 1.91 bits per heavy atom. The molecule has 3 saturated heterocycles. The molecule has 3 amide bonds. The quantitative estimate of drug-likeness (QED) is 0.379. The average molecular weight is 504 g/mol. The number of benzene rings is 1. The monoisotopic (exact) mass is 503 g/mol. The molecule has 3 aliphatic rings. The van der Waals surface area contributed by atoms with E-state index >= 15 is 0 Å². The van der Waals surface area contributed by atoms with Crippen LogP contribution in [0.15, 0.2) is 24.3 Å². The molecule has 0 radical (unpaired) electrons. The summed E-state index contributed by atoms with van der Waals surface area (Å²) in [5.41, 5.74) is 0.653. The highest BCUT2D eigenvalue weighted by Gasteiger charge is 2.73. The second kappa shape index (κ2) is 11.2. The zero-order chi connectivity index (χ0) is 25.0. The third-order valence-electron chi connectivity index (χ3n) is 7.57. The highest BCUT2D eigenvalue weighted by molar-refractivity contribution is 8.02. The van der Waals surface area contributed by atoms with Gasteiger partial charge in [-0.15, -0.1) is 11.8 Å². The summed E-state index contributed by atoms with van der Waals surface area (Å²) in [5, 5.41) is 15.2. The molecule has 1 aromatic carbocycles. The van der Waals surface area contributed by atoms with Crippen LogP contribution in [-0.4, -0.2) is 70.6 Å².